The van der Waals surface area contributed by atoms with Crippen molar-refractivity contribution in [1.29, 1.82) is 0 Å². The fraction of sp³-hybridized carbons (Fsp3) is 0.609. The third-order valence-electron chi connectivity index (χ3n) is 6.55. The lowest BCUT2D eigenvalue weighted by molar-refractivity contribution is -0.0905. The van der Waals surface area contributed by atoms with Crippen LogP contribution in [0.5, 0.6) is 0 Å². The molecule has 1 aliphatic heterocycles. The molecule has 1 aromatic heterocycles. The summed E-state index contributed by atoms with van der Waals surface area (Å²) < 4.78 is 34.9. The van der Waals surface area contributed by atoms with Crippen molar-refractivity contribution in [2.75, 3.05) is 11.9 Å². The summed E-state index contributed by atoms with van der Waals surface area (Å²) in [6.07, 6.45) is 9.54. The van der Waals surface area contributed by atoms with Crippen LogP contribution in [-0.4, -0.2) is 51.0 Å². The summed E-state index contributed by atoms with van der Waals surface area (Å²) in [6, 6.07) is 1.72. The van der Waals surface area contributed by atoms with E-state index in [9.17, 15) is 18.7 Å². The van der Waals surface area contributed by atoms with Gasteiger partial charge in [0.25, 0.3) is 0 Å². The molecule has 1 saturated carbocycles. The number of aliphatic hydroxyl groups excluding tert-OH is 1. The maximum atomic E-state index is 13.7. The molecular weight excluding hydrogens is 432 g/mol. The first-order valence-electron chi connectivity index (χ1n) is 11.7. The van der Waals surface area contributed by atoms with Crippen LogP contribution < -0.4 is 10.6 Å². The average molecular weight is 464 g/mol. The number of amides is 2. The van der Waals surface area contributed by atoms with E-state index < -0.39 is 29.8 Å². The third kappa shape index (κ3) is 6.26. The number of benzene rings is 1. The molecule has 180 valence electrons. The van der Waals surface area contributed by atoms with E-state index in [1.807, 2.05) is 10.9 Å². The number of rotatable bonds is 7. The molecule has 1 saturated heterocycles. The van der Waals surface area contributed by atoms with Gasteiger partial charge in [0, 0.05) is 24.7 Å². The molecule has 0 spiro atoms. The number of aromatic nitrogens is 3. The zero-order chi connectivity index (χ0) is 23.2. The van der Waals surface area contributed by atoms with Gasteiger partial charge < -0.3 is 20.5 Å². The molecular formula is C23H31F2N5O3. The maximum Gasteiger partial charge on any atom is 0.319 e. The predicted octanol–water partition coefficient (Wildman–Crippen LogP) is 3.72. The van der Waals surface area contributed by atoms with Gasteiger partial charge >= 0.3 is 6.03 Å². The van der Waals surface area contributed by atoms with Gasteiger partial charge in [0.05, 0.1) is 30.1 Å². The van der Waals surface area contributed by atoms with Crippen molar-refractivity contribution in [2.45, 2.75) is 82.1 Å². The van der Waals surface area contributed by atoms with Crippen molar-refractivity contribution in [1.82, 2.24) is 20.3 Å². The Bertz CT molecular complexity index is 935. The van der Waals surface area contributed by atoms with E-state index in [1.165, 1.54) is 32.1 Å². The number of aryl methyl sites for hydroxylation is 1. The first kappa shape index (κ1) is 23.6. The Morgan fingerprint density at radius 3 is 2.79 bits per heavy atom. The molecule has 33 heavy (non-hydrogen) atoms. The van der Waals surface area contributed by atoms with E-state index >= 15 is 0 Å². The molecule has 2 aliphatic rings. The van der Waals surface area contributed by atoms with Crippen LogP contribution in [0.3, 0.4) is 0 Å². The van der Waals surface area contributed by atoms with Crippen LogP contribution in [0.4, 0.5) is 19.3 Å². The zero-order valence-corrected chi connectivity index (χ0v) is 18.6. The van der Waals surface area contributed by atoms with E-state index in [0.717, 1.165) is 30.3 Å². The van der Waals surface area contributed by atoms with Gasteiger partial charge in [0.15, 0.2) is 0 Å². The van der Waals surface area contributed by atoms with Crippen molar-refractivity contribution < 1.29 is 23.4 Å². The number of carbonyl (C=O) groups excluding carboxylic acids is 1. The second kappa shape index (κ2) is 11.0. The largest absolute Gasteiger partial charge is 0.394 e. The molecule has 1 aromatic carbocycles. The highest BCUT2D eigenvalue weighted by Crippen LogP contribution is 2.31. The summed E-state index contributed by atoms with van der Waals surface area (Å²) in [5, 5.41) is 23.4. The lowest BCUT2D eigenvalue weighted by Gasteiger charge is -2.36. The number of urea groups is 1. The number of aliphatic hydroxyl groups is 1. The van der Waals surface area contributed by atoms with Gasteiger partial charge in [0.2, 0.25) is 0 Å². The van der Waals surface area contributed by atoms with Gasteiger partial charge in [0.1, 0.15) is 17.7 Å². The Morgan fingerprint density at radius 2 is 2.00 bits per heavy atom. The van der Waals surface area contributed by atoms with Crippen molar-refractivity contribution in [3.63, 3.8) is 0 Å². The minimum Gasteiger partial charge on any atom is -0.394 e. The van der Waals surface area contributed by atoms with Crippen LogP contribution in [0, 0.1) is 11.6 Å². The lowest BCUT2D eigenvalue weighted by atomic mass is 9.87. The number of anilines is 1. The number of ether oxygens (including phenoxy) is 1. The van der Waals surface area contributed by atoms with Crippen LogP contribution in [0.1, 0.15) is 63.0 Å². The van der Waals surface area contributed by atoms with Crippen LogP contribution >= 0.6 is 0 Å². The number of nitrogens with one attached hydrogen (secondary N) is 2. The summed E-state index contributed by atoms with van der Waals surface area (Å²) >= 11 is 0. The normalized spacial score (nSPS) is 23.9. The van der Waals surface area contributed by atoms with E-state index in [1.54, 1.807) is 0 Å². The monoisotopic (exact) mass is 463 g/mol. The summed E-state index contributed by atoms with van der Waals surface area (Å²) in [5.41, 5.74) is 0.820. The first-order valence-corrected chi connectivity index (χ1v) is 11.7. The second-order valence-corrected chi connectivity index (χ2v) is 8.92. The fourth-order valence-corrected chi connectivity index (χ4v) is 4.71. The molecule has 2 fully saturated rings. The Hall–Kier alpha value is -2.59. The number of halogens is 2. The summed E-state index contributed by atoms with van der Waals surface area (Å²) in [4.78, 5) is 12.3. The summed E-state index contributed by atoms with van der Waals surface area (Å²) in [7, 11) is 0. The van der Waals surface area contributed by atoms with Gasteiger partial charge in [-0.15, -0.1) is 5.10 Å². The molecule has 0 radical (unpaired) electrons. The second-order valence-electron chi connectivity index (χ2n) is 8.92. The molecule has 2 amide bonds. The topological polar surface area (TPSA) is 101 Å². The Labute approximate surface area is 191 Å². The minimum absolute atomic E-state index is 0.0775. The molecule has 0 unspecified atom stereocenters. The van der Waals surface area contributed by atoms with E-state index in [4.69, 9.17) is 4.74 Å². The molecule has 0 bridgehead atoms. The number of nitrogens with zero attached hydrogens (tertiary/aromatic N) is 3. The lowest BCUT2D eigenvalue weighted by Crippen LogP contribution is -2.52. The standard InChI is InChI=1S/C23H31F2N5O3/c24-16-6-8-18(25)20(12-16)27-23(32)26-19-9-7-17(33-22(19)14-31)10-11-30-13-21(28-29-30)15-4-2-1-3-5-15/h6,8,12-13,15,17,19,22,31H,1-5,7,9-11,14H2,(H2,26,27,32)/t17-,19-,22+/m0/s1. The summed E-state index contributed by atoms with van der Waals surface area (Å²) in [6.45, 7) is 0.408. The molecule has 8 nitrogen and oxygen atoms in total. The van der Waals surface area contributed by atoms with Crippen LogP contribution in [-0.2, 0) is 11.3 Å². The highest BCUT2D eigenvalue weighted by molar-refractivity contribution is 5.89. The van der Waals surface area contributed by atoms with Gasteiger partial charge in [-0.1, -0.05) is 24.5 Å². The molecule has 2 aromatic rings. The average Bonchev–Trinajstić information content (AvgIpc) is 3.30. The van der Waals surface area contributed by atoms with Gasteiger partial charge in [-0.2, -0.15) is 0 Å². The highest BCUT2D eigenvalue weighted by Gasteiger charge is 2.32. The van der Waals surface area contributed by atoms with Crippen molar-refractivity contribution in [2.24, 2.45) is 0 Å². The van der Waals surface area contributed by atoms with Crippen molar-refractivity contribution >= 4 is 11.7 Å². The fourth-order valence-electron chi connectivity index (χ4n) is 4.71. The maximum absolute atomic E-state index is 13.7. The third-order valence-corrected chi connectivity index (χ3v) is 6.55. The molecule has 3 atom stereocenters. The molecule has 4 rings (SSSR count). The van der Waals surface area contributed by atoms with Crippen LogP contribution in [0.2, 0.25) is 0 Å². The highest BCUT2D eigenvalue weighted by atomic mass is 19.1. The van der Waals surface area contributed by atoms with E-state index in [0.29, 0.717) is 25.3 Å². The van der Waals surface area contributed by atoms with Gasteiger partial charge in [-0.05, 0) is 44.2 Å². The number of hydrogen-bond donors (Lipinski definition) is 3. The van der Waals surface area contributed by atoms with Gasteiger partial charge in [-0.25, -0.2) is 13.6 Å². The number of carbonyl (C=O) groups is 1. The summed E-state index contributed by atoms with van der Waals surface area (Å²) in [5.74, 6) is -0.872. The van der Waals surface area contributed by atoms with E-state index in [-0.39, 0.29) is 18.4 Å². The molecule has 2 heterocycles. The van der Waals surface area contributed by atoms with Crippen molar-refractivity contribution in [3.05, 3.63) is 41.7 Å². The van der Waals surface area contributed by atoms with Crippen LogP contribution in [0.25, 0.3) is 0 Å². The van der Waals surface area contributed by atoms with Gasteiger partial charge in [-0.3, -0.25) is 4.68 Å². The van der Waals surface area contributed by atoms with Crippen LogP contribution in [0.15, 0.2) is 24.4 Å². The molecule has 1 aliphatic carbocycles. The van der Waals surface area contributed by atoms with Crippen molar-refractivity contribution in [3.8, 4) is 0 Å². The minimum atomic E-state index is -0.732. The Balaban J connectivity index is 1.25. The zero-order valence-electron chi connectivity index (χ0n) is 18.6. The molecule has 3 N–H and O–H groups in total. The van der Waals surface area contributed by atoms with E-state index in [2.05, 4.69) is 20.9 Å². The smallest absolute Gasteiger partial charge is 0.319 e. The first-order chi connectivity index (χ1) is 16.0. The quantitative estimate of drug-likeness (QED) is 0.581. The predicted molar refractivity (Wildman–Crippen MR) is 118 cm³/mol. The Kier molecular flexibility index (Phi) is 7.87. The molecule has 10 heteroatoms. The SMILES string of the molecule is O=C(Nc1cc(F)ccc1F)N[C@H]1CC[C@@H](CCn2cc(C3CCCCC3)nn2)O[C@@H]1CO. The Morgan fingerprint density at radius 1 is 1.18 bits per heavy atom. The number of hydrogen-bond acceptors (Lipinski definition) is 5.